The van der Waals surface area contributed by atoms with Crippen LogP contribution in [0.2, 0.25) is 0 Å². The zero-order chi connectivity index (χ0) is 12.7. The van der Waals surface area contributed by atoms with Crippen molar-refractivity contribution in [1.82, 2.24) is 15.3 Å². The van der Waals surface area contributed by atoms with Crippen molar-refractivity contribution in [2.45, 2.75) is 11.5 Å². The Morgan fingerprint density at radius 1 is 1.32 bits per heavy atom. The van der Waals surface area contributed by atoms with Crippen LogP contribution in [0.5, 0.6) is 0 Å². The summed E-state index contributed by atoms with van der Waals surface area (Å²) in [5, 5.41) is 3.41. The smallest absolute Gasteiger partial charge is 0.0931 e. The van der Waals surface area contributed by atoms with Gasteiger partial charge in [-0.2, -0.15) is 0 Å². The average Bonchev–Trinajstić information content (AvgIpc) is 2.86. The van der Waals surface area contributed by atoms with Crippen LogP contribution in [0.25, 0.3) is 11.0 Å². The number of hydrogen-bond acceptors (Lipinski definition) is 4. The van der Waals surface area contributed by atoms with Crippen LogP contribution in [0.15, 0.2) is 24.5 Å². The molecule has 1 aromatic heterocycles. The molecule has 0 saturated carbocycles. The van der Waals surface area contributed by atoms with Gasteiger partial charge in [-0.1, -0.05) is 6.07 Å². The molecule has 2 aliphatic rings. The number of aromatic nitrogens is 2. The van der Waals surface area contributed by atoms with Crippen molar-refractivity contribution in [3.63, 3.8) is 0 Å². The van der Waals surface area contributed by atoms with E-state index in [-0.39, 0.29) is 11.5 Å². The van der Waals surface area contributed by atoms with Gasteiger partial charge >= 0.3 is 0 Å². The molecule has 3 heterocycles. The third kappa shape index (κ3) is 1.69. The molecule has 2 fully saturated rings. The second-order valence-electron chi connectivity index (χ2n) is 5.35. The highest BCUT2D eigenvalue weighted by Crippen LogP contribution is 2.38. The topological polar surface area (TPSA) is 59.2 Å². The standard InChI is InChI=1S/C14H17N3O2/c1-2-11-12(17-9-16-11)5-10(1)14(7-18-8-14)13-6-15-3-4-19-13/h1-2,5,9,13,15H,3-4,6-8H2,(H,16,17). The highest BCUT2D eigenvalue weighted by atomic mass is 16.5. The molecule has 2 aromatic rings. The summed E-state index contributed by atoms with van der Waals surface area (Å²) in [5.74, 6) is 0. The van der Waals surface area contributed by atoms with Crippen molar-refractivity contribution < 1.29 is 9.47 Å². The number of benzene rings is 1. The second kappa shape index (κ2) is 4.30. The molecule has 5 nitrogen and oxygen atoms in total. The van der Waals surface area contributed by atoms with Crippen LogP contribution >= 0.6 is 0 Å². The molecule has 1 unspecified atom stereocenters. The number of aromatic amines is 1. The molecule has 0 bridgehead atoms. The van der Waals surface area contributed by atoms with E-state index in [4.69, 9.17) is 9.47 Å². The summed E-state index contributed by atoms with van der Waals surface area (Å²) in [7, 11) is 0. The molecule has 2 aliphatic heterocycles. The lowest BCUT2D eigenvalue weighted by Crippen LogP contribution is -2.61. The molecule has 4 rings (SSSR count). The summed E-state index contributed by atoms with van der Waals surface area (Å²) in [4.78, 5) is 7.44. The number of fused-ring (bicyclic) bond motifs is 1. The predicted octanol–water partition coefficient (Wildman–Crippen LogP) is 0.819. The summed E-state index contributed by atoms with van der Waals surface area (Å²) in [6, 6.07) is 6.41. The number of rotatable bonds is 2. The Hall–Kier alpha value is -1.43. The Balaban J connectivity index is 1.74. The van der Waals surface area contributed by atoms with Crippen LogP contribution in [0, 0.1) is 0 Å². The van der Waals surface area contributed by atoms with Crippen molar-refractivity contribution >= 4 is 11.0 Å². The van der Waals surface area contributed by atoms with Crippen molar-refractivity contribution in [1.29, 1.82) is 0 Å². The number of H-pyrrole nitrogens is 1. The van der Waals surface area contributed by atoms with E-state index in [1.165, 1.54) is 5.56 Å². The predicted molar refractivity (Wildman–Crippen MR) is 71.2 cm³/mol. The van der Waals surface area contributed by atoms with Gasteiger partial charge in [-0.15, -0.1) is 0 Å². The van der Waals surface area contributed by atoms with Crippen molar-refractivity contribution in [2.75, 3.05) is 32.9 Å². The first-order chi connectivity index (χ1) is 9.38. The average molecular weight is 259 g/mol. The number of imidazole rings is 1. The number of nitrogens with zero attached hydrogens (tertiary/aromatic N) is 1. The molecule has 2 saturated heterocycles. The first-order valence-electron chi connectivity index (χ1n) is 6.72. The lowest BCUT2D eigenvalue weighted by molar-refractivity contribution is -0.146. The normalized spacial score (nSPS) is 26.2. The lowest BCUT2D eigenvalue weighted by Gasteiger charge is -2.48. The van der Waals surface area contributed by atoms with Crippen LogP contribution in [0.3, 0.4) is 0 Å². The first-order valence-corrected chi connectivity index (χ1v) is 6.72. The summed E-state index contributed by atoms with van der Waals surface area (Å²) in [5.41, 5.74) is 3.35. The molecule has 1 atom stereocenters. The second-order valence-corrected chi connectivity index (χ2v) is 5.35. The number of ether oxygens (including phenoxy) is 2. The Kier molecular flexibility index (Phi) is 2.58. The van der Waals surface area contributed by atoms with Gasteiger partial charge < -0.3 is 19.8 Å². The largest absolute Gasteiger partial charge is 0.379 e. The molecular weight excluding hydrogens is 242 g/mol. The van der Waals surface area contributed by atoms with Gasteiger partial charge in [-0.05, 0) is 17.7 Å². The van der Waals surface area contributed by atoms with Gasteiger partial charge in [0, 0.05) is 13.1 Å². The van der Waals surface area contributed by atoms with E-state index in [0.717, 1.165) is 43.9 Å². The van der Waals surface area contributed by atoms with Gasteiger partial charge in [0.25, 0.3) is 0 Å². The van der Waals surface area contributed by atoms with E-state index >= 15 is 0 Å². The summed E-state index contributed by atoms with van der Waals surface area (Å²) < 4.78 is 11.5. The highest BCUT2D eigenvalue weighted by molar-refractivity contribution is 5.75. The van der Waals surface area contributed by atoms with Gasteiger partial charge in [-0.25, -0.2) is 4.98 Å². The minimum absolute atomic E-state index is 0.00722. The molecule has 2 N–H and O–H groups in total. The van der Waals surface area contributed by atoms with Crippen LogP contribution in [0.1, 0.15) is 5.56 Å². The summed E-state index contributed by atoms with van der Waals surface area (Å²) >= 11 is 0. The van der Waals surface area contributed by atoms with E-state index in [2.05, 4.69) is 33.5 Å². The molecule has 0 radical (unpaired) electrons. The maximum Gasteiger partial charge on any atom is 0.0931 e. The molecule has 19 heavy (non-hydrogen) atoms. The van der Waals surface area contributed by atoms with Gasteiger partial charge in [0.15, 0.2) is 0 Å². The number of hydrogen-bond donors (Lipinski definition) is 2. The SMILES string of the molecule is c1nc2ccc(C3(C4CNCCO4)COC3)cc2[nH]1. The summed E-state index contributed by atoms with van der Waals surface area (Å²) in [6.07, 6.45) is 1.92. The number of morpholine rings is 1. The lowest BCUT2D eigenvalue weighted by atomic mass is 9.73. The van der Waals surface area contributed by atoms with E-state index < -0.39 is 0 Å². The molecule has 5 heteroatoms. The molecule has 0 amide bonds. The summed E-state index contributed by atoms with van der Waals surface area (Å²) in [6.45, 7) is 4.08. The van der Waals surface area contributed by atoms with E-state index in [0.29, 0.717) is 0 Å². The molecule has 0 spiro atoms. The van der Waals surface area contributed by atoms with Crippen LogP contribution in [0.4, 0.5) is 0 Å². The van der Waals surface area contributed by atoms with Gasteiger partial charge in [-0.3, -0.25) is 0 Å². The van der Waals surface area contributed by atoms with E-state index in [1.54, 1.807) is 6.33 Å². The zero-order valence-electron chi connectivity index (χ0n) is 10.7. The number of nitrogens with one attached hydrogen (secondary N) is 2. The maximum absolute atomic E-state index is 5.96. The van der Waals surface area contributed by atoms with Crippen molar-refractivity contribution in [3.8, 4) is 0 Å². The maximum atomic E-state index is 5.96. The highest BCUT2D eigenvalue weighted by Gasteiger charge is 2.48. The Labute approximate surface area is 111 Å². The molecule has 0 aliphatic carbocycles. The van der Waals surface area contributed by atoms with Crippen LogP contribution in [-0.2, 0) is 14.9 Å². The Morgan fingerprint density at radius 3 is 3.00 bits per heavy atom. The molecule has 1 aromatic carbocycles. The van der Waals surface area contributed by atoms with E-state index in [1.807, 2.05) is 0 Å². The molecular formula is C14H17N3O2. The van der Waals surface area contributed by atoms with Crippen molar-refractivity contribution in [2.24, 2.45) is 0 Å². The van der Waals surface area contributed by atoms with Gasteiger partial charge in [0.1, 0.15) is 0 Å². The third-order valence-electron chi connectivity index (χ3n) is 4.26. The third-order valence-corrected chi connectivity index (χ3v) is 4.26. The minimum Gasteiger partial charge on any atom is -0.379 e. The van der Waals surface area contributed by atoms with Gasteiger partial charge in [0.05, 0.1) is 48.7 Å². The fourth-order valence-electron chi connectivity index (χ4n) is 3.03. The monoisotopic (exact) mass is 259 g/mol. The zero-order valence-corrected chi connectivity index (χ0v) is 10.7. The van der Waals surface area contributed by atoms with E-state index in [9.17, 15) is 0 Å². The Bertz CT molecular complexity index is 585. The first kappa shape index (κ1) is 11.4. The Morgan fingerprint density at radius 2 is 2.26 bits per heavy atom. The quantitative estimate of drug-likeness (QED) is 0.838. The molecule has 100 valence electrons. The van der Waals surface area contributed by atoms with Crippen molar-refractivity contribution in [3.05, 3.63) is 30.1 Å². The van der Waals surface area contributed by atoms with Crippen LogP contribution in [-0.4, -0.2) is 49.0 Å². The minimum atomic E-state index is -0.00722. The fourth-order valence-corrected chi connectivity index (χ4v) is 3.03. The van der Waals surface area contributed by atoms with Crippen LogP contribution < -0.4 is 5.32 Å². The van der Waals surface area contributed by atoms with Gasteiger partial charge in [0.2, 0.25) is 0 Å². The fraction of sp³-hybridized carbons (Fsp3) is 0.500.